The Morgan fingerprint density at radius 2 is 2.12 bits per heavy atom. The van der Waals surface area contributed by atoms with E-state index in [1.54, 1.807) is 6.92 Å². The summed E-state index contributed by atoms with van der Waals surface area (Å²) in [6, 6.07) is 1.08. The first-order valence-corrected chi connectivity index (χ1v) is 4.97. The third-order valence-corrected chi connectivity index (χ3v) is 2.51. The van der Waals surface area contributed by atoms with Crippen LogP contribution in [0, 0.1) is 11.6 Å². The summed E-state index contributed by atoms with van der Waals surface area (Å²) in [6.07, 6.45) is 0.583. The van der Waals surface area contributed by atoms with Crippen LogP contribution >= 0.6 is 0 Å². The molecule has 0 aromatic heterocycles. The van der Waals surface area contributed by atoms with Gasteiger partial charge in [-0.05, 0) is 24.9 Å². The molecule has 3 nitrogen and oxygen atoms in total. The predicted molar refractivity (Wildman–Crippen MR) is 56.7 cm³/mol. The Balaban J connectivity index is 3.27. The second-order valence-corrected chi connectivity index (χ2v) is 3.62. The average Bonchev–Trinajstić information content (AvgIpc) is 2.26. The van der Waals surface area contributed by atoms with E-state index < -0.39 is 17.4 Å². The van der Waals surface area contributed by atoms with E-state index in [-0.39, 0.29) is 11.7 Å². The van der Waals surface area contributed by atoms with Gasteiger partial charge < -0.3 is 15.6 Å². The Hall–Kier alpha value is -1.36. The van der Waals surface area contributed by atoms with Gasteiger partial charge in [0.2, 0.25) is 5.82 Å². The molecular formula is C11H15F2NO2. The number of hydrogen-bond acceptors (Lipinski definition) is 3. The number of hydrogen-bond donors (Lipinski definition) is 2. The van der Waals surface area contributed by atoms with Crippen molar-refractivity contribution in [2.24, 2.45) is 5.73 Å². The van der Waals surface area contributed by atoms with Gasteiger partial charge in [0.25, 0.3) is 0 Å². The molecule has 1 aromatic rings. The van der Waals surface area contributed by atoms with Crippen molar-refractivity contribution in [1.82, 2.24) is 0 Å². The van der Waals surface area contributed by atoms with Gasteiger partial charge in [-0.3, -0.25) is 0 Å². The Morgan fingerprint density at radius 1 is 1.50 bits per heavy atom. The maximum absolute atomic E-state index is 13.5. The molecule has 1 rings (SSSR count). The normalized spacial score (nSPS) is 12.6. The van der Waals surface area contributed by atoms with Gasteiger partial charge in [-0.2, -0.15) is 4.39 Å². The summed E-state index contributed by atoms with van der Waals surface area (Å²) in [5.41, 5.74) is 5.76. The molecule has 0 aliphatic heterocycles. The molecule has 1 atom stereocenters. The number of phenols is 1. The molecule has 0 saturated heterocycles. The number of aromatic hydroxyl groups is 1. The van der Waals surface area contributed by atoms with Crippen molar-refractivity contribution in [3.63, 3.8) is 0 Å². The molecule has 0 spiro atoms. The van der Waals surface area contributed by atoms with Gasteiger partial charge in [-0.25, -0.2) is 4.39 Å². The van der Waals surface area contributed by atoms with Crippen molar-refractivity contribution >= 4 is 0 Å². The van der Waals surface area contributed by atoms with E-state index in [4.69, 9.17) is 15.6 Å². The molecule has 16 heavy (non-hydrogen) atoms. The van der Waals surface area contributed by atoms with Gasteiger partial charge in [0.05, 0.1) is 7.11 Å². The Bertz CT molecular complexity index is 383. The number of methoxy groups -OCH3 is 1. The highest BCUT2D eigenvalue weighted by Gasteiger charge is 2.21. The van der Waals surface area contributed by atoms with Crippen LogP contribution in [0.4, 0.5) is 8.78 Å². The van der Waals surface area contributed by atoms with Crippen molar-refractivity contribution < 1.29 is 18.6 Å². The number of phenolic OH excluding ortho intramolecular Hbond substituents is 1. The summed E-state index contributed by atoms with van der Waals surface area (Å²) in [7, 11) is 1.27. The van der Waals surface area contributed by atoms with Crippen molar-refractivity contribution in [3.05, 3.63) is 23.3 Å². The van der Waals surface area contributed by atoms with Crippen LogP contribution in [0.2, 0.25) is 0 Å². The minimum atomic E-state index is -1.07. The molecule has 0 aliphatic carbocycles. The van der Waals surface area contributed by atoms with Crippen LogP contribution in [0.1, 0.15) is 24.8 Å². The first-order valence-electron chi connectivity index (χ1n) is 4.97. The highest BCUT2D eigenvalue weighted by Crippen LogP contribution is 2.37. The molecule has 0 heterocycles. The van der Waals surface area contributed by atoms with E-state index in [9.17, 15) is 8.78 Å². The second-order valence-electron chi connectivity index (χ2n) is 3.62. The molecule has 0 radical (unpaired) electrons. The Morgan fingerprint density at radius 3 is 2.62 bits per heavy atom. The molecule has 0 fully saturated rings. The standard InChI is InChI=1S/C11H15F2NO2/c1-6(3-4-14)7-5-8(12)10(15)9(13)11(7)16-2/h5-6,15H,3-4,14H2,1-2H3. The van der Waals surface area contributed by atoms with Gasteiger partial charge in [0, 0.05) is 5.56 Å². The van der Waals surface area contributed by atoms with Crippen molar-refractivity contribution in [1.29, 1.82) is 0 Å². The van der Waals surface area contributed by atoms with Gasteiger partial charge in [-0.15, -0.1) is 0 Å². The highest BCUT2D eigenvalue weighted by molar-refractivity contribution is 5.44. The zero-order chi connectivity index (χ0) is 12.3. The van der Waals surface area contributed by atoms with Crippen LogP contribution in [0.25, 0.3) is 0 Å². The first-order chi connectivity index (χ1) is 7.52. The fourth-order valence-corrected chi connectivity index (χ4v) is 1.59. The summed E-state index contributed by atoms with van der Waals surface area (Å²) in [4.78, 5) is 0. The zero-order valence-electron chi connectivity index (χ0n) is 9.26. The summed E-state index contributed by atoms with van der Waals surface area (Å²) < 4.78 is 31.5. The number of nitrogens with two attached hydrogens (primary N) is 1. The molecule has 5 heteroatoms. The fraction of sp³-hybridized carbons (Fsp3) is 0.455. The topological polar surface area (TPSA) is 55.5 Å². The van der Waals surface area contributed by atoms with Crippen LogP contribution in [0.3, 0.4) is 0 Å². The van der Waals surface area contributed by atoms with Crippen LogP contribution < -0.4 is 10.5 Å². The van der Waals surface area contributed by atoms with E-state index in [1.165, 1.54) is 7.11 Å². The van der Waals surface area contributed by atoms with Gasteiger partial charge in [0.15, 0.2) is 17.3 Å². The zero-order valence-corrected chi connectivity index (χ0v) is 9.26. The minimum absolute atomic E-state index is 0.125. The lowest BCUT2D eigenvalue weighted by atomic mass is 9.96. The number of ether oxygens (including phenoxy) is 1. The van der Waals surface area contributed by atoms with Crippen LogP contribution in [-0.2, 0) is 0 Å². The largest absolute Gasteiger partial charge is 0.503 e. The minimum Gasteiger partial charge on any atom is -0.503 e. The van der Waals surface area contributed by atoms with Crippen molar-refractivity contribution in [3.8, 4) is 11.5 Å². The van der Waals surface area contributed by atoms with E-state index in [0.29, 0.717) is 18.5 Å². The van der Waals surface area contributed by atoms with Gasteiger partial charge >= 0.3 is 0 Å². The maximum Gasteiger partial charge on any atom is 0.209 e. The van der Waals surface area contributed by atoms with E-state index in [2.05, 4.69) is 0 Å². The van der Waals surface area contributed by atoms with Crippen molar-refractivity contribution in [2.75, 3.05) is 13.7 Å². The lowest BCUT2D eigenvalue weighted by molar-refractivity contribution is 0.343. The van der Waals surface area contributed by atoms with Gasteiger partial charge in [-0.1, -0.05) is 6.92 Å². The van der Waals surface area contributed by atoms with E-state index >= 15 is 0 Å². The second kappa shape index (κ2) is 5.12. The van der Waals surface area contributed by atoms with Gasteiger partial charge in [0.1, 0.15) is 0 Å². The SMILES string of the molecule is COc1c(C(C)CCN)cc(F)c(O)c1F. The number of halogens is 2. The van der Waals surface area contributed by atoms with Crippen LogP contribution in [0.5, 0.6) is 11.5 Å². The fourth-order valence-electron chi connectivity index (χ4n) is 1.59. The van der Waals surface area contributed by atoms with Crippen LogP contribution in [0.15, 0.2) is 6.07 Å². The molecule has 0 saturated carbocycles. The smallest absolute Gasteiger partial charge is 0.209 e. The average molecular weight is 231 g/mol. The third-order valence-electron chi connectivity index (χ3n) is 2.51. The molecule has 3 N–H and O–H groups in total. The molecule has 0 amide bonds. The maximum atomic E-state index is 13.5. The highest BCUT2D eigenvalue weighted by atomic mass is 19.1. The quantitative estimate of drug-likeness (QED) is 0.834. The van der Waals surface area contributed by atoms with E-state index in [1.807, 2.05) is 0 Å². The number of benzene rings is 1. The van der Waals surface area contributed by atoms with E-state index in [0.717, 1.165) is 6.07 Å². The summed E-state index contributed by atoms with van der Waals surface area (Å²) in [6.45, 7) is 2.20. The lowest BCUT2D eigenvalue weighted by Crippen LogP contribution is -2.07. The predicted octanol–water partition coefficient (Wildman–Crippen LogP) is 2.13. The van der Waals surface area contributed by atoms with Crippen molar-refractivity contribution in [2.45, 2.75) is 19.3 Å². The first kappa shape index (κ1) is 12.7. The summed E-state index contributed by atoms with van der Waals surface area (Å²) in [5, 5.41) is 9.10. The third kappa shape index (κ3) is 2.24. The Labute approximate surface area is 92.8 Å². The summed E-state index contributed by atoms with van der Waals surface area (Å²) >= 11 is 0. The molecule has 0 aliphatic rings. The number of rotatable bonds is 4. The molecule has 1 unspecified atom stereocenters. The monoisotopic (exact) mass is 231 g/mol. The van der Waals surface area contributed by atoms with Crippen LogP contribution in [-0.4, -0.2) is 18.8 Å². The molecular weight excluding hydrogens is 216 g/mol. The molecule has 90 valence electrons. The molecule has 1 aromatic carbocycles. The Kier molecular flexibility index (Phi) is 4.06. The molecule has 0 bridgehead atoms. The summed E-state index contributed by atoms with van der Waals surface area (Å²) in [5.74, 6) is -3.33. The lowest BCUT2D eigenvalue weighted by Gasteiger charge is -2.16.